The van der Waals surface area contributed by atoms with Crippen LogP contribution in [0.4, 0.5) is 10.5 Å². The number of aliphatic hydroxyl groups excluding tert-OH is 1. The lowest BCUT2D eigenvalue weighted by Crippen LogP contribution is -2.40. The van der Waals surface area contributed by atoms with E-state index in [1.165, 1.54) is 0 Å². The van der Waals surface area contributed by atoms with Crippen molar-refractivity contribution in [2.45, 2.75) is 19.4 Å². The Hall–Kier alpha value is -0.910. The molecule has 0 aromatic heterocycles. The lowest BCUT2D eigenvalue weighted by Gasteiger charge is -2.17. The molecule has 0 aliphatic carbocycles. The largest absolute Gasteiger partial charge is 0.396 e. The lowest BCUT2D eigenvalue weighted by molar-refractivity contribution is 0.241. The van der Waals surface area contributed by atoms with E-state index in [1.54, 1.807) is 23.9 Å². The molecule has 0 spiro atoms. The molecule has 0 fully saturated rings. The van der Waals surface area contributed by atoms with Gasteiger partial charge in [-0.1, -0.05) is 17.7 Å². The van der Waals surface area contributed by atoms with Crippen molar-refractivity contribution in [3.05, 3.63) is 28.8 Å². The van der Waals surface area contributed by atoms with E-state index in [0.29, 0.717) is 17.1 Å². The third kappa shape index (κ3) is 5.72. The second-order valence-corrected chi connectivity index (χ2v) is 5.56. The van der Waals surface area contributed by atoms with Crippen molar-refractivity contribution < 1.29 is 9.90 Å². The molecule has 0 bridgehead atoms. The highest BCUT2D eigenvalue weighted by molar-refractivity contribution is 7.98. The third-order valence-corrected chi connectivity index (χ3v) is 3.60. The van der Waals surface area contributed by atoms with E-state index in [1.807, 2.05) is 19.2 Å². The van der Waals surface area contributed by atoms with Crippen molar-refractivity contribution in [2.75, 3.05) is 23.9 Å². The lowest BCUT2D eigenvalue weighted by atomic mass is 10.2. The van der Waals surface area contributed by atoms with Gasteiger partial charge in [0.15, 0.2) is 0 Å². The van der Waals surface area contributed by atoms with Gasteiger partial charge in [-0.25, -0.2) is 4.79 Å². The maximum absolute atomic E-state index is 11.8. The van der Waals surface area contributed by atoms with Crippen LogP contribution in [0, 0.1) is 6.92 Å². The van der Waals surface area contributed by atoms with Gasteiger partial charge < -0.3 is 15.7 Å². The first-order valence-corrected chi connectivity index (χ1v) is 7.77. The van der Waals surface area contributed by atoms with Gasteiger partial charge in [0.1, 0.15) is 0 Å². The van der Waals surface area contributed by atoms with E-state index in [4.69, 9.17) is 16.7 Å². The Labute approximate surface area is 122 Å². The quantitative estimate of drug-likeness (QED) is 0.757. The minimum Gasteiger partial charge on any atom is -0.396 e. The molecule has 0 heterocycles. The van der Waals surface area contributed by atoms with Crippen LogP contribution >= 0.6 is 23.4 Å². The van der Waals surface area contributed by atoms with Gasteiger partial charge >= 0.3 is 6.03 Å². The standard InChI is InChI=1S/C13H19ClN2O2S/c1-9-3-4-12(11(14)7-9)16-13(18)15-10(5-6-17)8-19-2/h3-4,7,10,17H,5-6,8H2,1-2H3,(H2,15,16,18). The van der Waals surface area contributed by atoms with Crippen molar-refractivity contribution >= 4 is 35.1 Å². The number of benzene rings is 1. The van der Waals surface area contributed by atoms with Gasteiger partial charge in [0.2, 0.25) is 0 Å². The Kier molecular flexibility index (Phi) is 7.05. The first kappa shape index (κ1) is 16.1. The number of amides is 2. The molecule has 1 aromatic carbocycles. The third-order valence-electron chi connectivity index (χ3n) is 2.55. The summed E-state index contributed by atoms with van der Waals surface area (Å²) in [6.07, 6.45) is 2.50. The molecule has 1 unspecified atom stereocenters. The molecule has 106 valence electrons. The Morgan fingerprint density at radius 2 is 2.26 bits per heavy atom. The van der Waals surface area contributed by atoms with Gasteiger partial charge in [-0.15, -0.1) is 0 Å². The highest BCUT2D eigenvalue weighted by Gasteiger charge is 2.12. The number of aliphatic hydroxyl groups is 1. The van der Waals surface area contributed by atoms with E-state index in [0.717, 1.165) is 11.3 Å². The molecule has 1 atom stereocenters. The van der Waals surface area contributed by atoms with Gasteiger partial charge in [-0.2, -0.15) is 11.8 Å². The molecule has 0 aliphatic rings. The number of hydrogen-bond donors (Lipinski definition) is 3. The first-order chi connectivity index (χ1) is 9.06. The summed E-state index contributed by atoms with van der Waals surface area (Å²) in [5, 5.41) is 15.0. The number of nitrogens with one attached hydrogen (secondary N) is 2. The fraction of sp³-hybridized carbons (Fsp3) is 0.462. The summed E-state index contributed by atoms with van der Waals surface area (Å²) in [4.78, 5) is 11.8. The normalized spacial score (nSPS) is 12.0. The van der Waals surface area contributed by atoms with Gasteiger partial charge in [-0.3, -0.25) is 0 Å². The molecule has 2 amide bonds. The number of urea groups is 1. The van der Waals surface area contributed by atoms with Crippen LogP contribution in [0.2, 0.25) is 5.02 Å². The van der Waals surface area contributed by atoms with Crippen molar-refractivity contribution in [1.29, 1.82) is 0 Å². The van der Waals surface area contributed by atoms with E-state index < -0.39 is 0 Å². The summed E-state index contributed by atoms with van der Waals surface area (Å²) in [6.45, 7) is 1.99. The zero-order valence-corrected chi connectivity index (χ0v) is 12.6. The van der Waals surface area contributed by atoms with Crippen LogP contribution in [-0.4, -0.2) is 35.8 Å². The summed E-state index contributed by atoms with van der Waals surface area (Å²) in [7, 11) is 0. The second kappa shape index (κ2) is 8.30. The maximum Gasteiger partial charge on any atom is 0.319 e. The summed E-state index contributed by atoms with van der Waals surface area (Å²) >= 11 is 7.67. The van der Waals surface area contributed by atoms with Gasteiger partial charge in [-0.05, 0) is 37.3 Å². The molecule has 6 heteroatoms. The Morgan fingerprint density at radius 3 is 2.84 bits per heavy atom. The first-order valence-electron chi connectivity index (χ1n) is 6.00. The van der Waals surface area contributed by atoms with Crippen LogP contribution in [0.3, 0.4) is 0 Å². The van der Waals surface area contributed by atoms with Crippen LogP contribution in [-0.2, 0) is 0 Å². The smallest absolute Gasteiger partial charge is 0.319 e. The SMILES string of the molecule is CSCC(CCO)NC(=O)Nc1ccc(C)cc1Cl. The van der Waals surface area contributed by atoms with E-state index in [-0.39, 0.29) is 18.7 Å². The number of anilines is 1. The molecular weight excluding hydrogens is 284 g/mol. The van der Waals surface area contributed by atoms with Crippen LogP contribution in [0.1, 0.15) is 12.0 Å². The Bertz CT molecular complexity index is 423. The fourth-order valence-corrected chi connectivity index (χ4v) is 2.55. The Balaban J connectivity index is 2.58. The highest BCUT2D eigenvalue weighted by atomic mass is 35.5. The molecule has 0 saturated heterocycles. The van der Waals surface area contributed by atoms with Crippen molar-refractivity contribution in [2.24, 2.45) is 0 Å². The average Bonchev–Trinajstić information content (AvgIpc) is 2.33. The van der Waals surface area contributed by atoms with Crippen LogP contribution < -0.4 is 10.6 Å². The van der Waals surface area contributed by atoms with Gasteiger partial charge in [0, 0.05) is 18.4 Å². The Morgan fingerprint density at radius 1 is 1.53 bits per heavy atom. The summed E-state index contributed by atoms with van der Waals surface area (Å²) in [6, 6.07) is 5.09. The summed E-state index contributed by atoms with van der Waals surface area (Å²) in [5.74, 6) is 0.760. The maximum atomic E-state index is 11.8. The number of rotatable bonds is 6. The van der Waals surface area contributed by atoms with E-state index >= 15 is 0 Å². The van der Waals surface area contributed by atoms with Crippen LogP contribution in [0.5, 0.6) is 0 Å². The monoisotopic (exact) mass is 302 g/mol. The van der Waals surface area contributed by atoms with Crippen LogP contribution in [0.15, 0.2) is 18.2 Å². The molecule has 1 aromatic rings. The molecular formula is C13H19ClN2O2S. The second-order valence-electron chi connectivity index (χ2n) is 4.25. The van der Waals surface area contributed by atoms with E-state index in [2.05, 4.69) is 10.6 Å². The zero-order valence-electron chi connectivity index (χ0n) is 11.1. The molecule has 4 nitrogen and oxygen atoms in total. The number of aryl methyl sites for hydroxylation is 1. The highest BCUT2D eigenvalue weighted by Crippen LogP contribution is 2.22. The van der Waals surface area contributed by atoms with Crippen molar-refractivity contribution in [1.82, 2.24) is 5.32 Å². The van der Waals surface area contributed by atoms with Gasteiger partial charge in [0.25, 0.3) is 0 Å². The molecule has 0 aliphatic heterocycles. The summed E-state index contributed by atoms with van der Waals surface area (Å²) < 4.78 is 0. The number of hydrogen-bond acceptors (Lipinski definition) is 3. The average molecular weight is 303 g/mol. The number of carbonyl (C=O) groups excluding carboxylic acids is 1. The molecule has 0 radical (unpaired) electrons. The van der Waals surface area contributed by atoms with Crippen LogP contribution in [0.25, 0.3) is 0 Å². The number of carbonyl (C=O) groups is 1. The molecule has 3 N–H and O–H groups in total. The number of halogens is 1. The minimum atomic E-state index is -0.307. The zero-order chi connectivity index (χ0) is 14.3. The topological polar surface area (TPSA) is 61.4 Å². The predicted octanol–water partition coefficient (Wildman–Crippen LogP) is 2.88. The molecule has 0 saturated carbocycles. The summed E-state index contributed by atoms with van der Waals surface area (Å²) in [5.41, 5.74) is 1.62. The van der Waals surface area contributed by atoms with Crippen molar-refractivity contribution in [3.8, 4) is 0 Å². The van der Waals surface area contributed by atoms with E-state index in [9.17, 15) is 4.79 Å². The molecule has 1 rings (SSSR count). The predicted molar refractivity (Wildman–Crippen MR) is 82.2 cm³/mol. The minimum absolute atomic E-state index is 0.0516. The fourth-order valence-electron chi connectivity index (χ4n) is 1.62. The van der Waals surface area contributed by atoms with Gasteiger partial charge in [0.05, 0.1) is 10.7 Å². The van der Waals surface area contributed by atoms with Crippen molar-refractivity contribution in [3.63, 3.8) is 0 Å². The number of thioether (sulfide) groups is 1. The molecule has 19 heavy (non-hydrogen) atoms.